The number of fused-ring (bicyclic) bond motifs is 1. The molecule has 0 spiro atoms. The van der Waals surface area contributed by atoms with Crippen molar-refractivity contribution in [3.63, 3.8) is 0 Å². The van der Waals surface area contributed by atoms with Crippen LogP contribution in [0.15, 0.2) is 47.1 Å². The van der Waals surface area contributed by atoms with Crippen molar-refractivity contribution in [1.82, 2.24) is 9.97 Å². The molecule has 0 saturated carbocycles. The van der Waals surface area contributed by atoms with Gasteiger partial charge < -0.3 is 9.73 Å². The van der Waals surface area contributed by atoms with Crippen LogP contribution < -0.4 is 5.32 Å². The molecule has 1 N–H and O–H groups in total. The Kier molecular flexibility index (Phi) is 3.14. The van der Waals surface area contributed by atoms with E-state index in [9.17, 15) is 0 Å². The van der Waals surface area contributed by atoms with Gasteiger partial charge in [-0.2, -0.15) is 0 Å². The molecule has 0 saturated heterocycles. The molecule has 3 rings (SSSR count). The molecule has 96 valence electrons. The molecule has 0 atom stereocenters. The number of aromatic nitrogens is 2. The molecule has 4 heteroatoms. The third kappa shape index (κ3) is 2.29. The Hall–Kier alpha value is -2.36. The molecule has 1 aromatic carbocycles. The molecule has 2 heterocycles. The summed E-state index contributed by atoms with van der Waals surface area (Å²) in [5.74, 6) is 2.16. The number of rotatable bonds is 4. The predicted octanol–water partition coefficient (Wildman–Crippen LogP) is 3.71. The second-order valence-corrected chi connectivity index (χ2v) is 4.32. The van der Waals surface area contributed by atoms with Gasteiger partial charge in [0.25, 0.3) is 0 Å². The van der Waals surface area contributed by atoms with Gasteiger partial charge >= 0.3 is 0 Å². The van der Waals surface area contributed by atoms with Crippen molar-refractivity contribution in [2.75, 3.05) is 11.9 Å². The SMILES string of the molecule is CCCNc1nc(-c2ccco2)nc2ccccc12. The number of furan rings is 1. The molecular weight excluding hydrogens is 238 g/mol. The second kappa shape index (κ2) is 5.10. The number of nitrogens with one attached hydrogen (secondary N) is 1. The molecule has 0 bridgehead atoms. The standard InChI is InChI=1S/C15H15N3O/c1-2-9-16-14-11-6-3-4-7-12(11)17-15(18-14)13-8-5-10-19-13/h3-8,10H,2,9H2,1H3,(H,16,17,18). The van der Waals surface area contributed by atoms with Crippen LogP contribution in [-0.4, -0.2) is 16.5 Å². The summed E-state index contributed by atoms with van der Waals surface area (Å²) >= 11 is 0. The Balaban J connectivity index is 2.15. The zero-order chi connectivity index (χ0) is 13.1. The first-order valence-electron chi connectivity index (χ1n) is 6.43. The van der Waals surface area contributed by atoms with Gasteiger partial charge in [-0.1, -0.05) is 19.1 Å². The largest absolute Gasteiger partial charge is 0.461 e. The smallest absolute Gasteiger partial charge is 0.198 e. The molecule has 0 amide bonds. The summed E-state index contributed by atoms with van der Waals surface area (Å²) in [6.45, 7) is 3.02. The van der Waals surface area contributed by atoms with Crippen molar-refractivity contribution in [3.05, 3.63) is 42.7 Å². The van der Waals surface area contributed by atoms with Gasteiger partial charge in [-0.05, 0) is 30.7 Å². The zero-order valence-corrected chi connectivity index (χ0v) is 10.8. The van der Waals surface area contributed by atoms with E-state index in [0.717, 1.165) is 29.7 Å². The molecule has 0 radical (unpaired) electrons. The summed E-state index contributed by atoms with van der Waals surface area (Å²) in [6, 6.07) is 11.7. The van der Waals surface area contributed by atoms with E-state index < -0.39 is 0 Å². The fourth-order valence-electron chi connectivity index (χ4n) is 1.97. The van der Waals surface area contributed by atoms with E-state index in [4.69, 9.17) is 4.42 Å². The number of hydrogen-bond acceptors (Lipinski definition) is 4. The average molecular weight is 253 g/mol. The summed E-state index contributed by atoms with van der Waals surface area (Å²) in [7, 11) is 0. The fraction of sp³-hybridized carbons (Fsp3) is 0.200. The lowest BCUT2D eigenvalue weighted by Crippen LogP contribution is -2.04. The number of benzene rings is 1. The monoisotopic (exact) mass is 253 g/mol. The maximum absolute atomic E-state index is 5.38. The van der Waals surface area contributed by atoms with Gasteiger partial charge in [0.1, 0.15) is 5.82 Å². The van der Waals surface area contributed by atoms with Crippen LogP contribution >= 0.6 is 0 Å². The van der Waals surface area contributed by atoms with Crippen LogP contribution in [0.2, 0.25) is 0 Å². The van der Waals surface area contributed by atoms with Gasteiger partial charge in [0.05, 0.1) is 11.8 Å². The van der Waals surface area contributed by atoms with Crippen LogP contribution in [0.4, 0.5) is 5.82 Å². The lowest BCUT2D eigenvalue weighted by Gasteiger charge is -2.09. The molecule has 19 heavy (non-hydrogen) atoms. The maximum atomic E-state index is 5.38. The van der Waals surface area contributed by atoms with E-state index in [2.05, 4.69) is 22.2 Å². The second-order valence-electron chi connectivity index (χ2n) is 4.32. The van der Waals surface area contributed by atoms with Crippen molar-refractivity contribution in [3.8, 4) is 11.6 Å². The van der Waals surface area contributed by atoms with Gasteiger partial charge in [0, 0.05) is 11.9 Å². The highest BCUT2D eigenvalue weighted by atomic mass is 16.3. The Labute approximate surface area is 111 Å². The topological polar surface area (TPSA) is 51.0 Å². The molecule has 0 unspecified atom stereocenters. The van der Waals surface area contributed by atoms with E-state index >= 15 is 0 Å². The lowest BCUT2D eigenvalue weighted by molar-refractivity contribution is 0.577. The normalized spacial score (nSPS) is 10.8. The number of anilines is 1. The van der Waals surface area contributed by atoms with E-state index in [1.54, 1.807) is 6.26 Å². The highest BCUT2D eigenvalue weighted by Gasteiger charge is 2.10. The molecule has 4 nitrogen and oxygen atoms in total. The highest BCUT2D eigenvalue weighted by Crippen LogP contribution is 2.24. The first-order chi connectivity index (χ1) is 9.38. The minimum absolute atomic E-state index is 0.613. The van der Waals surface area contributed by atoms with E-state index in [-0.39, 0.29) is 0 Å². The van der Waals surface area contributed by atoms with Gasteiger partial charge in [-0.25, -0.2) is 9.97 Å². The first-order valence-corrected chi connectivity index (χ1v) is 6.43. The average Bonchev–Trinajstić information content (AvgIpc) is 2.98. The Morgan fingerprint density at radius 2 is 2.00 bits per heavy atom. The van der Waals surface area contributed by atoms with Crippen molar-refractivity contribution < 1.29 is 4.42 Å². The van der Waals surface area contributed by atoms with E-state index in [1.807, 2.05) is 36.4 Å². The summed E-state index contributed by atoms with van der Waals surface area (Å²) in [5, 5.41) is 4.38. The molecular formula is C15H15N3O. The maximum Gasteiger partial charge on any atom is 0.198 e. The Morgan fingerprint density at radius 3 is 2.79 bits per heavy atom. The van der Waals surface area contributed by atoms with Crippen LogP contribution in [-0.2, 0) is 0 Å². The van der Waals surface area contributed by atoms with Crippen LogP contribution in [0.5, 0.6) is 0 Å². The van der Waals surface area contributed by atoms with E-state index in [1.165, 1.54) is 0 Å². The van der Waals surface area contributed by atoms with Crippen molar-refractivity contribution in [2.45, 2.75) is 13.3 Å². The van der Waals surface area contributed by atoms with Crippen LogP contribution in [0, 0.1) is 0 Å². The van der Waals surface area contributed by atoms with Crippen LogP contribution in [0.1, 0.15) is 13.3 Å². The van der Waals surface area contributed by atoms with Gasteiger partial charge in [-0.3, -0.25) is 0 Å². The lowest BCUT2D eigenvalue weighted by atomic mass is 10.2. The Bertz CT molecular complexity index is 677. The van der Waals surface area contributed by atoms with Crippen LogP contribution in [0.3, 0.4) is 0 Å². The van der Waals surface area contributed by atoms with Crippen molar-refractivity contribution in [1.29, 1.82) is 0 Å². The Morgan fingerprint density at radius 1 is 1.11 bits per heavy atom. The third-order valence-corrected chi connectivity index (χ3v) is 2.89. The predicted molar refractivity (Wildman–Crippen MR) is 76.0 cm³/mol. The number of hydrogen-bond donors (Lipinski definition) is 1. The molecule has 3 aromatic rings. The molecule has 0 aliphatic carbocycles. The van der Waals surface area contributed by atoms with Crippen molar-refractivity contribution >= 4 is 16.7 Å². The molecule has 0 aliphatic rings. The minimum Gasteiger partial charge on any atom is -0.461 e. The summed E-state index contributed by atoms with van der Waals surface area (Å²) in [6.07, 6.45) is 2.68. The molecule has 2 aromatic heterocycles. The van der Waals surface area contributed by atoms with Gasteiger partial charge in [-0.15, -0.1) is 0 Å². The molecule has 0 fully saturated rings. The quantitative estimate of drug-likeness (QED) is 0.770. The first kappa shape index (κ1) is 11.7. The van der Waals surface area contributed by atoms with Crippen molar-refractivity contribution in [2.24, 2.45) is 0 Å². The third-order valence-electron chi connectivity index (χ3n) is 2.89. The zero-order valence-electron chi connectivity index (χ0n) is 10.8. The fourth-order valence-corrected chi connectivity index (χ4v) is 1.97. The number of para-hydroxylation sites is 1. The van der Waals surface area contributed by atoms with Crippen LogP contribution in [0.25, 0.3) is 22.5 Å². The summed E-state index contributed by atoms with van der Waals surface area (Å²) in [4.78, 5) is 9.11. The highest BCUT2D eigenvalue weighted by molar-refractivity contribution is 5.90. The van der Waals surface area contributed by atoms with Gasteiger partial charge in [0.15, 0.2) is 11.6 Å². The summed E-state index contributed by atoms with van der Waals surface area (Å²) < 4.78 is 5.38. The molecule has 0 aliphatic heterocycles. The number of nitrogens with zero attached hydrogens (tertiary/aromatic N) is 2. The van der Waals surface area contributed by atoms with E-state index in [0.29, 0.717) is 11.6 Å². The summed E-state index contributed by atoms with van der Waals surface area (Å²) in [5.41, 5.74) is 0.919. The van der Waals surface area contributed by atoms with Gasteiger partial charge in [0.2, 0.25) is 0 Å². The minimum atomic E-state index is 0.613.